The molecule has 1 aromatic carbocycles. The predicted octanol–water partition coefficient (Wildman–Crippen LogP) is 5.09. The van der Waals surface area contributed by atoms with Crippen LogP contribution in [0, 0.1) is 24.6 Å². The first-order valence-corrected chi connectivity index (χ1v) is 10.7. The van der Waals surface area contributed by atoms with Gasteiger partial charge in [0.25, 0.3) is 5.91 Å². The number of rotatable bonds is 7. The number of benzene rings is 1. The highest BCUT2D eigenvalue weighted by molar-refractivity contribution is 6.09. The first kappa shape index (κ1) is 23.4. The lowest BCUT2D eigenvalue weighted by Gasteiger charge is -2.16. The van der Waals surface area contributed by atoms with Gasteiger partial charge in [0, 0.05) is 47.3 Å². The van der Waals surface area contributed by atoms with Crippen LogP contribution in [0.15, 0.2) is 36.9 Å². The second-order valence-electron chi connectivity index (χ2n) is 8.22. The molecule has 3 N–H and O–H groups in total. The molecule has 2 aromatic rings. The highest BCUT2D eigenvalue weighted by Crippen LogP contribution is 2.47. The molecular weight excluding hydrogens is 405 g/mol. The summed E-state index contributed by atoms with van der Waals surface area (Å²) in [6.45, 7) is 9.95. The van der Waals surface area contributed by atoms with Crippen LogP contribution in [0.1, 0.15) is 66.0 Å². The quantitative estimate of drug-likeness (QED) is 0.470. The average molecular weight is 436 g/mol. The van der Waals surface area contributed by atoms with E-state index in [1.807, 2.05) is 13.8 Å². The lowest BCUT2D eigenvalue weighted by atomic mass is 10.0. The number of halogens is 1. The van der Waals surface area contributed by atoms with Gasteiger partial charge in [-0.3, -0.25) is 4.79 Å². The summed E-state index contributed by atoms with van der Waals surface area (Å²) in [5, 5.41) is 2.83. The maximum absolute atomic E-state index is 14.4. The van der Waals surface area contributed by atoms with Gasteiger partial charge in [-0.15, -0.1) is 0 Å². The van der Waals surface area contributed by atoms with Crippen LogP contribution in [0.25, 0.3) is 5.70 Å². The molecule has 5 nitrogen and oxygen atoms in total. The van der Waals surface area contributed by atoms with Crippen LogP contribution in [0.2, 0.25) is 0 Å². The van der Waals surface area contributed by atoms with E-state index in [1.165, 1.54) is 13.2 Å². The van der Waals surface area contributed by atoms with Crippen molar-refractivity contribution in [1.29, 1.82) is 0 Å². The zero-order valence-electron chi connectivity index (χ0n) is 19.1. The lowest BCUT2D eigenvalue weighted by molar-refractivity contribution is 0.102. The van der Waals surface area contributed by atoms with Gasteiger partial charge in [-0.2, -0.15) is 0 Å². The van der Waals surface area contributed by atoms with Crippen molar-refractivity contribution < 1.29 is 13.9 Å². The fourth-order valence-corrected chi connectivity index (χ4v) is 3.94. The van der Waals surface area contributed by atoms with Crippen LogP contribution < -0.4 is 11.1 Å². The second-order valence-corrected chi connectivity index (χ2v) is 8.22. The van der Waals surface area contributed by atoms with Crippen molar-refractivity contribution in [2.24, 2.45) is 5.73 Å². The minimum Gasteiger partial charge on any atom is -0.398 e. The van der Waals surface area contributed by atoms with E-state index in [0.717, 1.165) is 18.5 Å². The number of anilines is 1. The number of carbonyl (C=O) groups is 1. The molecule has 3 rings (SSSR count). The third-order valence-corrected chi connectivity index (χ3v) is 5.73. The van der Waals surface area contributed by atoms with Crippen molar-refractivity contribution in [3.63, 3.8) is 0 Å². The van der Waals surface area contributed by atoms with Gasteiger partial charge in [0.2, 0.25) is 0 Å². The lowest BCUT2D eigenvalue weighted by Crippen LogP contribution is -2.18. The Hall–Kier alpha value is -3.30. The van der Waals surface area contributed by atoms with Crippen molar-refractivity contribution >= 4 is 17.3 Å². The molecule has 32 heavy (non-hydrogen) atoms. The van der Waals surface area contributed by atoms with Crippen LogP contribution in [0.5, 0.6) is 0 Å². The number of nitrogens with two attached hydrogens (primary N) is 1. The van der Waals surface area contributed by atoms with Crippen molar-refractivity contribution in [2.75, 3.05) is 12.4 Å². The Morgan fingerprint density at radius 3 is 2.69 bits per heavy atom. The van der Waals surface area contributed by atoms with Gasteiger partial charge in [-0.05, 0) is 50.8 Å². The van der Waals surface area contributed by atoms with Crippen molar-refractivity contribution in [1.82, 2.24) is 4.57 Å². The monoisotopic (exact) mass is 435 g/mol. The molecular formula is C26H30FN3O2. The Labute approximate surface area is 189 Å². The zero-order valence-corrected chi connectivity index (χ0v) is 19.1. The van der Waals surface area contributed by atoms with Gasteiger partial charge in [0.05, 0.1) is 12.2 Å². The Morgan fingerprint density at radius 1 is 1.41 bits per heavy atom. The number of ether oxygens (including phenoxy) is 1. The molecule has 1 saturated carbocycles. The fraction of sp³-hybridized carbons (Fsp3) is 0.346. The largest absolute Gasteiger partial charge is 0.398 e. The van der Waals surface area contributed by atoms with Gasteiger partial charge in [-0.1, -0.05) is 31.6 Å². The maximum atomic E-state index is 14.4. The van der Waals surface area contributed by atoms with E-state index in [-0.39, 0.29) is 18.1 Å². The van der Waals surface area contributed by atoms with Gasteiger partial charge in [-0.25, -0.2) is 4.39 Å². The summed E-state index contributed by atoms with van der Waals surface area (Å²) in [6.07, 6.45) is 5.92. The number of methoxy groups -OCH3 is 1. The molecule has 168 valence electrons. The number of amides is 1. The number of allylic oxidation sites excluding steroid dienone is 2. The minimum atomic E-state index is -0.443. The zero-order chi connectivity index (χ0) is 23.5. The Balaban J connectivity index is 2.15. The van der Waals surface area contributed by atoms with E-state index < -0.39 is 5.82 Å². The molecule has 1 aromatic heterocycles. The molecule has 0 bridgehead atoms. The maximum Gasteiger partial charge on any atom is 0.259 e. The molecule has 0 radical (unpaired) electrons. The topological polar surface area (TPSA) is 69.3 Å². The molecule has 1 aliphatic carbocycles. The molecule has 0 unspecified atom stereocenters. The summed E-state index contributed by atoms with van der Waals surface area (Å²) in [5.74, 6) is 5.47. The Morgan fingerprint density at radius 2 is 2.12 bits per heavy atom. The highest BCUT2D eigenvalue weighted by Gasteiger charge is 2.43. The van der Waals surface area contributed by atoms with E-state index in [2.05, 4.69) is 35.2 Å². The minimum absolute atomic E-state index is 0.0997. The second kappa shape index (κ2) is 9.46. The van der Waals surface area contributed by atoms with Crippen LogP contribution in [-0.4, -0.2) is 17.6 Å². The summed E-state index contributed by atoms with van der Waals surface area (Å²) in [4.78, 5) is 13.5. The molecule has 1 fully saturated rings. The van der Waals surface area contributed by atoms with Crippen LogP contribution >= 0.6 is 0 Å². The van der Waals surface area contributed by atoms with E-state index in [0.29, 0.717) is 40.2 Å². The van der Waals surface area contributed by atoms with E-state index >= 15 is 0 Å². The molecule has 0 atom stereocenters. The number of hydrogen-bond donors (Lipinski definition) is 2. The summed E-state index contributed by atoms with van der Waals surface area (Å²) < 4.78 is 21.5. The van der Waals surface area contributed by atoms with E-state index in [4.69, 9.17) is 10.5 Å². The number of nitrogens with zero attached hydrogens (tertiary/aromatic N) is 1. The normalized spacial score (nSPS) is 14.5. The molecule has 0 aliphatic heterocycles. The Kier molecular flexibility index (Phi) is 6.90. The highest BCUT2D eigenvalue weighted by atomic mass is 19.1. The number of aromatic nitrogens is 1. The third kappa shape index (κ3) is 4.49. The Bertz CT molecular complexity index is 1140. The molecule has 0 spiro atoms. The average Bonchev–Trinajstić information content (AvgIpc) is 3.40. The smallest absolute Gasteiger partial charge is 0.259 e. The fourth-order valence-electron chi connectivity index (χ4n) is 3.94. The van der Waals surface area contributed by atoms with Gasteiger partial charge < -0.3 is 20.4 Å². The van der Waals surface area contributed by atoms with Gasteiger partial charge >= 0.3 is 0 Å². The molecule has 1 amide bonds. The van der Waals surface area contributed by atoms with Crippen molar-refractivity contribution in [3.8, 4) is 11.8 Å². The molecule has 0 saturated heterocycles. The molecule has 1 aliphatic rings. The van der Waals surface area contributed by atoms with Crippen LogP contribution in [-0.2, 0) is 16.9 Å². The molecule has 6 heteroatoms. The van der Waals surface area contributed by atoms with Crippen LogP contribution in [0.3, 0.4) is 0 Å². The summed E-state index contributed by atoms with van der Waals surface area (Å²) in [7, 11) is 1.50. The SMILES string of the molecule is C=C/C=C(/N)c1c(C(=O)Nc2ccc(COC)c(F)c2)c(C#CCC)n(C2(C)CC2)c1C. The standard InChI is InChI=1S/C26H30FN3O2/c1-6-8-10-22-24(25(31)29-19-12-11-18(16-32-5)20(27)15-19)23(21(28)9-7-2)17(3)30(22)26(4)13-14-26/h7,9,11-12,15H,2,6,13-14,16,28H2,1,3-5H3,(H,29,31)/b21-9+. The molecule has 1 heterocycles. The van der Waals surface area contributed by atoms with Crippen molar-refractivity contribution in [3.05, 3.63) is 70.8 Å². The first-order valence-electron chi connectivity index (χ1n) is 10.7. The summed E-state index contributed by atoms with van der Waals surface area (Å²) in [6, 6.07) is 4.54. The van der Waals surface area contributed by atoms with Crippen LogP contribution in [0.4, 0.5) is 10.1 Å². The first-order chi connectivity index (χ1) is 15.3. The number of nitrogens with one attached hydrogen (secondary N) is 1. The number of carbonyl (C=O) groups excluding carboxylic acids is 1. The summed E-state index contributed by atoms with van der Waals surface area (Å²) in [5.41, 5.74) is 10.0. The number of hydrogen-bond acceptors (Lipinski definition) is 3. The van der Waals surface area contributed by atoms with Gasteiger partial charge in [0.1, 0.15) is 11.5 Å². The van der Waals surface area contributed by atoms with Crippen molar-refractivity contribution in [2.45, 2.75) is 52.2 Å². The predicted molar refractivity (Wildman–Crippen MR) is 127 cm³/mol. The van der Waals surface area contributed by atoms with E-state index in [9.17, 15) is 9.18 Å². The summed E-state index contributed by atoms with van der Waals surface area (Å²) >= 11 is 0. The van der Waals surface area contributed by atoms with E-state index in [1.54, 1.807) is 24.3 Å². The third-order valence-electron chi connectivity index (χ3n) is 5.73. The van der Waals surface area contributed by atoms with Gasteiger partial charge in [0.15, 0.2) is 0 Å².